The number of nitrogens with zero attached hydrogens (tertiary/aromatic N) is 1. The SMILES string of the molecule is C=CC(=O)N1CCC2(CC1)CC(=O)c1ccc(OCC)cc1O2. The molecule has 0 unspecified atom stereocenters. The highest BCUT2D eigenvalue weighted by Crippen LogP contribution is 2.40. The number of amides is 1. The van der Waals surface area contributed by atoms with E-state index in [1.807, 2.05) is 6.92 Å². The first-order chi connectivity index (χ1) is 11.1. The maximum atomic E-state index is 12.5. The monoisotopic (exact) mass is 315 g/mol. The number of piperidine rings is 1. The van der Waals surface area contributed by atoms with Crippen LogP contribution in [0.25, 0.3) is 0 Å². The molecule has 5 nitrogen and oxygen atoms in total. The normalized spacial score (nSPS) is 19.0. The van der Waals surface area contributed by atoms with E-state index in [-0.39, 0.29) is 11.7 Å². The van der Waals surface area contributed by atoms with Crippen molar-refractivity contribution < 1.29 is 19.1 Å². The predicted molar refractivity (Wildman–Crippen MR) is 85.9 cm³/mol. The summed E-state index contributed by atoms with van der Waals surface area (Å²) in [5.74, 6) is 1.32. The van der Waals surface area contributed by atoms with E-state index < -0.39 is 5.60 Å². The summed E-state index contributed by atoms with van der Waals surface area (Å²) in [6, 6.07) is 5.36. The molecule has 1 aromatic rings. The third-order valence-electron chi connectivity index (χ3n) is 4.53. The summed E-state index contributed by atoms with van der Waals surface area (Å²) in [5, 5.41) is 0. The third kappa shape index (κ3) is 2.96. The Bertz CT molecular complexity index is 644. The highest BCUT2D eigenvalue weighted by molar-refractivity contribution is 6.00. The Hall–Kier alpha value is -2.30. The molecule has 0 saturated carbocycles. The van der Waals surface area contributed by atoms with Crippen LogP contribution >= 0.6 is 0 Å². The van der Waals surface area contributed by atoms with Crippen molar-refractivity contribution in [2.45, 2.75) is 31.8 Å². The lowest BCUT2D eigenvalue weighted by atomic mass is 9.82. The molecule has 2 heterocycles. The minimum Gasteiger partial charge on any atom is -0.494 e. The van der Waals surface area contributed by atoms with Gasteiger partial charge in [-0.2, -0.15) is 0 Å². The lowest BCUT2D eigenvalue weighted by Gasteiger charge is -2.43. The molecule has 5 heteroatoms. The van der Waals surface area contributed by atoms with Gasteiger partial charge >= 0.3 is 0 Å². The summed E-state index contributed by atoms with van der Waals surface area (Å²) >= 11 is 0. The second-order valence-corrected chi connectivity index (χ2v) is 6.01. The summed E-state index contributed by atoms with van der Waals surface area (Å²) in [5.41, 5.74) is 0.107. The maximum absolute atomic E-state index is 12.5. The van der Waals surface area contributed by atoms with Crippen LogP contribution in [0.2, 0.25) is 0 Å². The molecule has 1 amide bonds. The molecule has 1 aromatic carbocycles. The predicted octanol–water partition coefficient (Wildman–Crippen LogP) is 2.60. The van der Waals surface area contributed by atoms with Gasteiger partial charge in [0.2, 0.25) is 5.91 Å². The van der Waals surface area contributed by atoms with Gasteiger partial charge in [-0.3, -0.25) is 9.59 Å². The number of Topliss-reactive ketones (excluding diaryl/α,β-unsaturated/α-hetero) is 1. The molecule has 23 heavy (non-hydrogen) atoms. The van der Waals surface area contributed by atoms with Crippen LogP contribution in [-0.2, 0) is 4.79 Å². The fourth-order valence-corrected chi connectivity index (χ4v) is 3.27. The van der Waals surface area contributed by atoms with Gasteiger partial charge in [0.1, 0.15) is 17.1 Å². The fraction of sp³-hybridized carbons (Fsp3) is 0.444. The van der Waals surface area contributed by atoms with Gasteiger partial charge in [-0.1, -0.05) is 6.58 Å². The molecular weight excluding hydrogens is 294 g/mol. The minimum absolute atomic E-state index is 0.0685. The van der Waals surface area contributed by atoms with Crippen LogP contribution in [0.4, 0.5) is 0 Å². The molecule has 0 bridgehead atoms. The average Bonchev–Trinajstić information content (AvgIpc) is 2.55. The van der Waals surface area contributed by atoms with Crippen molar-refractivity contribution in [2.24, 2.45) is 0 Å². The molecule has 0 N–H and O–H groups in total. The zero-order valence-electron chi connectivity index (χ0n) is 13.3. The molecule has 2 aliphatic heterocycles. The van der Waals surface area contributed by atoms with Crippen LogP contribution in [0, 0.1) is 0 Å². The third-order valence-corrected chi connectivity index (χ3v) is 4.53. The van der Waals surface area contributed by atoms with Gasteiger partial charge in [0.25, 0.3) is 0 Å². The zero-order valence-corrected chi connectivity index (χ0v) is 13.3. The van der Waals surface area contributed by atoms with E-state index in [1.54, 1.807) is 23.1 Å². The smallest absolute Gasteiger partial charge is 0.245 e. The second-order valence-electron chi connectivity index (χ2n) is 6.01. The minimum atomic E-state index is -0.507. The number of fused-ring (bicyclic) bond motifs is 1. The van der Waals surface area contributed by atoms with Gasteiger partial charge in [-0.15, -0.1) is 0 Å². The van der Waals surface area contributed by atoms with E-state index in [4.69, 9.17) is 9.47 Å². The van der Waals surface area contributed by atoms with E-state index in [2.05, 4.69) is 6.58 Å². The van der Waals surface area contributed by atoms with Gasteiger partial charge in [0.05, 0.1) is 18.6 Å². The molecule has 0 atom stereocenters. The molecule has 0 aromatic heterocycles. The molecule has 0 radical (unpaired) electrons. The van der Waals surface area contributed by atoms with E-state index in [0.29, 0.717) is 56.0 Å². The standard InChI is InChI=1S/C18H21NO4/c1-3-17(21)19-9-7-18(8-10-19)12-15(20)14-6-5-13(22-4-2)11-16(14)23-18/h3,5-6,11H,1,4,7-10,12H2,2H3. The van der Waals surface area contributed by atoms with E-state index in [1.165, 1.54) is 6.08 Å². The van der Waals surface area contributed by atoms with E-state index in [0.717, 1.165) is 0 Å². The largest absolute Gasteiger partial charge is 0.494 e. The Kier molecular flexibility index (Phi) is 4.11. The molecule has 1 spiro atoms. The van der Waals surface area contributed by atoms with Crippen LogP contribution in [0.1, 0.15) is 36.5 Å². The topological polar surface area (TPSA) is 55.8 Å². The van der Waals surface area contributed by atoms with Crippen molar-refractivity contribution in [3.63, 3.8) is 0 Å². The van der Waals surface area contributed by atoms with Crippen LogP contribution in [0.15, 0.2) is 30.9 Å². The van der Waals surface area contributed by atoms with Gasteiger partial charge < -0.3 is 14.4 Å². The summed E-state index contributed by atoms with van der Waals surface area (Å²) in [6.07, 6.45) is 2.99. The Morgan fingerprint density at radius 3 is 2.83 bits per heavy atom. The first-order valence-electron chi connectivity index (χ1n) is 7.97. The first kappa shape index (κ1) is 15.6. The summed E-state index contributed by atoms with van der Waals surface area (Å²) in [6.45, 7) is 7.16. The number of carbonyl (C=O) groups excluding carboxylic acids is 2. The Balaban J connectivity index is 1.80. The van der Waals surface area contributed by atoms with Gasteiger partial charge in [-0.05, 0) is 25.1 Å². The molecular formula is C18H21NO4. The number of likely N-dealkylation sites (tertiary alicyclic amines) is 1. The first-order valence-corrected chi connectivity index (χ1v) is 7.97. The van der Waals surface area contributed by atoms with Crippen molar-refractivity contribution in [2.75, 3.05) is 19.7 Å². The summed E-state index contributed by atoms with van der Waals surface area (Å²) in [7, 11) is 0. The molecule has 1 saturated heterocycles. The van der Waals surface area contributed by atoms with Crippen LogP contribution in [0.3, 0.4) is 0 Å². The maximum Gasteiger partial charge on any atom is 0.245 e. The zero-order chi connectivity index (χ0) is 16.4. The number of hydrogen-bond donors (Lipinski definition) is 0. The number of rotatable bonds is 3. The molecule has 2 aliphatic rings. The van der Waals surface area contributed by atoms with Crippen molar-refractivity contribution in [3.8, 4) is 11.5 Å². The van der Waals surface area contributed by atoms with Gasteiger partial charge in [0, 0.05) is 32.0 Å². The Labute approximate surface area is 135 Å². The molecule has 1 fully saturated rings. The molecule has 122 valence electrons. The molecule has 3 rings (SSSR count). The Morgan fingerprint density at radius 2 is 2.17 bits per heavy atom. The number of carbonyl (C=O) groups is 2. The van der Waals surface area contributed by atoms with Crippen molar-refractivity contribution in [3.05, 3.63) is 36.4 Å². The highest BCUT2D eigenvalue weighted by Gasteiger charge is 2.43. The number of hydrogen-bond acceptors (Lipinski definition) is 4. The highest BCUT2D eigenvalue weighted by atomic mass is 16.5. The number of ether oxygens (including phenoxy) is 2. The number of ketones is 1. The van der Waals surface area contributed by atoms with Crippen molar-refractivity contribution in [1.82, 2.24) is 4.90 Å². The van der Waals surface area contributed by atoms with Crippen LogP contribution in [0.5, 0.6) is 11.5 Å². The van der Waals surface area contributed by atoms with E-state index in [9.17, 15) is 9.59 Å². The van der Waals surface area contributed by atoms with Crippen LogP contribution in [-0.4, -0.2) is 41.9 Å². The quantitative estimate of drug-likeness (QED) is 0.805. The lowest BCUT2D eigenvalue weighted by Crippen LogP contribution is -2.52. The van der Waals surface area contributed by atoms with Gasteiger partial charge in [0.15, 0.2) is 5.78 Å². The van der Waals surface area contributed by atoms with Crippen LogP contribution < -0.4 is 9.47 Å². The van der Waals surface area contributed by atoms with Gasteiger partial charge in [-0.25, -0.2) is 0 Å². The summed E-state index contributed by atoms with van der Waals surface area (Å²) < 4.78 is 11.7. The molecule has 0 aliphatic carbocycles. The van der Waals surface area contributed by atoms with E-state index >= 15 is 0 Å². The Morgan fingerprint density at radius 1 is 1.43 bits per heavy atom. The number of benzene rings is 1. The van der Waals surface area contributed by atoms with Crippen molar-refractivity contribution in [1.29, 1.82) is 0 Å². The average molecular weight is 315 g/mol. The van der Waals surface area contributed by atoms with Crippen molar-refractivity contribution >= 4 is 11.7 Å². The fourth-order valence-electron chi connectivity index (χ4n) is 3.27. The lowest BCUT2D eigenvalue weighted by molar-refractivity contribution is -0.129. The second kappa shape index (κ2) is 6.07. The summed E-state index contributed by atoms with van der Waals surface area (Å²) in [4.78, 5) is 25.9.